The number of rotatable bonds is 34. The lowest BCUT2D eigenvalue weighted by Crippen LogP contribution is -2.15. The number of nitrogens with zero attached hydrogens (tertiary/aromatic N) is 1. The van der Waals surface area contributed by atoms with Crippen LogP contribution in [-0.2, 0) is 52.1 Å². The van der Waals surface area contributed by atoms with Crippen LogP contribution in [0.15, 0.2) is 5.18 Å². The molecule has 0 saturated carbocycles. The molecule has 0 radical (unpaired) electrons. The fourth-order valence-electron chi connectivity index (χ4n) is 2.45. The highest BCUT2D eigenvalue weighted by atomic mass is 16.6. The van der Waals surface area contributed by atoms with Gasteiger partial charge in [-0.1, -0.05) is 5.18 Å². The third-order valence-corrected chi connectivity index (χ3v) is 4.25. The molecule has 13 nitrogen and oxygen atoms in total. The zero-order chi connectivity index (χ0) is 26.7. The van der Waals surface area contributed by atoms with Crippen LogP contribution in [0.4, 0.5) is 0 Å². The highest BCUT2D eigenvalue weighted by Crippen LogP contribution is 1.87. The normalized spacial score (nSPS) is 11.4. The smallest absolute Gasteiger partial charge is 0.104 e. The topological polar surface area (TPSA) is 131 Å². The standard InChI is InChI=1S/C24H49NO12/c1-2-27-5-6-29-9-10-31-13-14-33-17-18-35-21-22-37-24-23-36-20-19-34-16-15-32-12-11-30-8-7-28-4-3-25-26/h2-24H2,1H3. The van der Waals surface area contributed by atoms with Gasteiger partial charge < -0.3 is 52.1 Å². The lowest BCUT2D eigenvalue weighted by molar-refractivity contribution is -0.0273. The molecule has 0 amide bonds. The molecule has 0 aromatic heterocycles. The van der Waals surface area contributed by atoms with Gasteiger partial charge in [-0.25, -0.2) is 0 Å². The summed E-state index contributed by atoms with van der Waals surface area (Å²) in [6.07, 6.45) is 0. The van der Waals surface area contributed by atoms with Gasteiger partial charge in [-0.2, -0.15) is 4.91 Å². The fraction of sp³-hybridized carbons (Fsp3) is 1.00. The molecular formula is C24H49NO12. The molecule has 0 bridgehead atoms. The van der Waals surface area contributed by atoms with Crippen molar-refractivity contribution in [1.29, 1.82) is 0 Å². The minimum absolute atomic E-state index is 0.167. The van der Waals surface area contributed by atoms with Gasteiger partial charge in [-0.05, 0) is 6.92 Å². The van der Waals surface area contributed by atoms with E-state index in [1.54, 1.807) is 0 Å². The maximum atomic E-state index is 9.86. The molecule has 0 aliphatic heterocycles. The van der Waals surface area contributed by atoms with E-state index in [0.29, 0.717) is 145 Å². The Morgan fingerprint density at radius 1 is 0.324 bits per heavy atom. The highest BCUT2D eigenvalue weighted by Gasteiger charge is 1.96. The maximum Gasteiger partial charge on any atom is 0.104 e. The van der Waals surface area contributed by atoms with Crippen molar-refractivity contribution in [2.75, 3.05) is 152 Å². The molecular weight excluding hydrogens is 494 g/mol. The summed E-state index contributed by atoms with van der Waals surface area (Å²) in [5.41, 5.74) is 0. The van der Waals surface area contributed by atoms with Crippen molar-refractivity contribution in [3.63, 3.8) is 0 Å². The van der Waals surface area contributed by atoms with Gasteiger partial charge in [0.15, 0.2) is 0 Å². The first kappa shape index (κ1) is 36.2. The first-order valence-corrected chi connectivity index (χ1v) is 13.1. The van der Waals surface area contributed by atoms with Gasteiger partial charge in [-0.3, -0.25) is 0 Å². The predicted octanol–water partition coefficient (Wildman–Crippen LogP) is 0.955. The minimum Gasteiger partial charge on any atom is -0.379 e. The number of hydrogen-bond donors (Lipinski definition) is 0. The van der Waals surface area contributed by atoms with Crippen LogP contribution in [0, 0.1) is 4.91 Å². The molecule has 0 spiro atoms. The first-order valence-electron chi connectivity index (χ1n) is 13.1. The Hall–Kier alpha value is -0.840. The number of nitroso groups, excluding NO2 is 1. The molecule has 13 heteroatoms. The monoisotopic (exact) mass is 543 g/mol. The Bertz CT molecular complexity index is 423. The molecule has 37 heavy (non-hydrogen) atoms. The Labute approximate surface area is 221 Å². The Kier molecular flexibility index (Phi) is 34.4. The van der Waals surface area contributed by atoms with Crippen molar-refractivity contribution in [3.05, 3.63) is 4.91 Å². The van der Waals surface area contributed by atoms with Gasteiger partial charge >= 0.3 is 0 Å². The largest absolute Gasteiger partial charge is 0.379 e. The van der Waals surface area contributed by atoms with Crippen LogP contribution in [0.25, 0.3) is 0 Å². The molecule has 0 aromatic carbocycles. The lowest BCUT2D eigenvalue weighted by atomic mass is 10.6. The second-order valence-electron chi connectivity index (χ2n) is 7.17. The van der Waals surface area contributed by atoms with Crippen LogP contribution in [0.5, 0.6) is 0 Å². The molecule has 0 fully saturated rings. The van der Waals surface area contributed by atoms with Crippen molar-refractivity contribution in [2.24, 2.45) is 5.18 Å². The van der Waals surface area contributed by atoms with Crippen molar-refractivity contribution in [2.45, 2.75) is 6.92 Å². The summed E-state index contributed by atoms with van der Waals surface area (Å²) in [5, 5.41) is 2.70. The fourth-order valence-corrected chi connectivity index (χ4v) is 2.45. The summed E-state index contributed by atoms with van der Waals surface area (Å²) in [6.45, 7) is 13.5. The molecule has 0 saturated heterocycles. The molecule has 0 aliphatic carbocycles. The average Bonchev–Trinajstić information content (AvgIpc) is 2.91. The number of ether oxygens (including phenoxy) is 11. The molecule has 222 valence electrons. The summed E-state index contributed by atoms with van der Waals surface area (Å²) in [5.74, 6) is 0. The van der Waals surface area contributed by atoms with Gasteiger partial charge in [0.2, 0.25) is 0 Å². The van der Waals surface area contributed by atoms with E-state index in [-0.39, 0.29) is 6.54 Å². The first-order chi connectivity index (χ1) is 18.4. The Morgan fingerprint density at radius 2 is 0.514 bits per heavy atom. The quantitative estimate of drug-likeness (QED) is 0.0846. The lowest BCUT2D eigenvalue weighted by Gasteiger charge is -2.09. The highest BCUT2D eigenvalue weighted by molar-refractivity contribution is 4.40. The van der Waals surface area contributed by atoms with E-state index in [0.717, 1.165) is 0 Å². The van der Waals surface area contributed by atoms with E-state index in [9.17, 15) is 4.91 Å². The SMILES string of the molecule is CCOCCOCCOCCOCCOCCOCCOCCOCCOCCOCCOCCN=O. The second-order valence-corrected chi connectivity index (χ2v) is 7.17. The second kappa shape index (κ2) is 35.2. The average molecular weight is 544 g/mol. The summed E-state index contributed by atoms with van der Waals surface area (Å²) in [6, 6.07) is 0. The molecule has 0 N–H and O–H groups in total. The Morgan fingerprint density at radius 3 is 0.703 bits per heavy atom. The maximum absolute atomic E-state index is 9.86. The summed E-state index contributed by atoms with van der Waals surface area (Å²) < 4.78 is 58.9. The molecule has 0 aliphatic rings. The molecule has 0 heterocycles. The van der Waals surface area contributed by atoms with Crippen LogP contribution < -0.4 is 0 Å². The zero-order valence-corrected chi connectivity index (χ0v) is 22.6. The van der Waals surface area contributed by atoms with Crippen molar-refractivity contribution < 1.29 is 52.1 Å². The third-order valence-electron chi connectivity index (χ3n) is 4.25. The summed E-state index contributed by atoms with van der Waals surface area (Å²) in [7, 11) is 0. The van der Waals surface area contributed by atoms with E-state index in [1.165, 1.54) is 0 Å². The van der Waals surface area contributed by atoms with E-state index in [1.807, 2.05) is 6.92 Å². The molecule has 0 rings (SSSR count). The summed E-state index contributed by atoms with van der Waals surface area (Å²) in [4.78, 5) is 9.86. The van der Waals surface area contributed by atoms with Gasteiger partial charge in [0.05, 0.1) is 139 Å². The molecule has 0 atom stereocenters. The van der Waals surface area contributed by atoms with Crippen LogP contribution in [0.3, 0.4) is 0 Å². The van der Waals surface area contributed by atoms with E-state index >= 15 is 0 Å². The zero-order valence-electron chi connectivity index (χ0n) is 22.6. The van der Waals surface area contributed by atoms with Gasteiger partial charge in [-0.15, -0.1) is 0 Å². The minimum atomic E-state index is 0.167. The van der Waals surface area contributed by atoms with Crippen LogP contribution in [0.2, 0.25) is 0 Å². The van der Waals surface area contributed by atoms with Crippen LogP contribution >= 0.6 is 0 Å². The molecule has 0 aromatic rings. The van der Waals surface area contributed by atoms with E-state index < -0.39 is 0 Å². The summed E-state index contributed by atoms with van der Waals surface area (Å²) >= 11 is 0. The molecule has 0 unspecified atom stereocenters. The van der Waals surface area contributed by atoms with Crippen LogP contribution in [-0.4, -0.2) is 152 Å². The van der Waals surface area contributed by atoms with Crippen molar-refractivity contribution >= 4 is 0 Å². The van der Waals surface area contributed by atoms with E-state index in [2.05, 4.69) is 5.18 Å². The van der Waals surface area contributed by atoms with E-state index in [4.69, 9.17) is 52.1 Å². The Balaban J connectivity index is 3.01. The van der Waals surface area contributed by atoms with Gasteiger partial charge in [0, 0.05) is 6.61 Å². The van der Waals surface area contributed by atoms with Crippen molar-refractivity contribution in [3.8, 4) is 0 Å². The van der Waals surface area contributed by atoms with Crippen LogP contribution in [0.1, 0.15) is 6.92 Å². The van der Waals surface area contributed by atoms with Gasteiger partial charge in [0.1, 0.15) is 6.54 Å². The predicted molar refractivity (Wildman–Crippen MR) is 135 cm³/mol. The van der Waals surface area contributed by atoms with Gasteiger partial charge in [0.25, 0.3) is 0 Å². The van der Waals surface area contributed by atoms with Crippen molar-refractivity contribution in [1.82, 2.24) is 0 Å². The third kappa shape index (κ3) is 35.2. The number of hydrogen-bond acceptors (Lipinski definition) is 13.